The lowest BCUT2D eigenvalue weighted by Crippen LogP contribution is -2.47. The summed E-state index contributed by atoms with van der Waals surface area (Å²) in [4.78, 5) is 66.6. The first-order valence-corrected chi connectivity index (χ1v) is 21.6. The second-order valence-corrected chi connectivity index (χ2v) is 16.7. The third-order valence-electron chi connectivity index (χ3n) is 11.4. The number of benzene rings is 2. The van der Waals surface area contributed by atoms with Crippen molar-refractivity contribution in [2.75, 3.05) is 36.5 Å². The van der Waals surface area contributed by atoms with Gasteiger partial charge in [-0.05, 0) is 60.7 Å². The number of phenolic OH excluding ortho intramolecular Hbond substituents is 2. The van der Waals surface area contributed by atoms with Gasteiger partial charge in [-0.1, -0.05) is 27.7 Å². The average Bonchev–Trinajstić information content (AvgIpc) is 3.83. The van der Waals surface area contributed by atoms with E-state index in [-0.39, 0.29) is 46.7 Å². The molecule has 0 aliphatic carbocycles. The predicted molar refractivity (Wildman–Crippen MR) is 235 cm³/mol. The maximum Gasteiger partial charge on any atom is 0.351 e. The van der Waals surface area contributed by atoms with E-state index in [4.69, 9.17) is 9.47 Å². The first kappa shape index (κ1) is 47.8. The topological polar surface area (TPSA) is 281 Å². The predicted octanol–water partition coefficient (Wildman–Crippen LogP) is 2.89. The van der Waals surface area contributed by atoms with E-state index in [1.54, 1.807) is 51.1 Å². The van der Waals surface area contributed by atoms with Crippen molar-refractivity contribution in [2.24, 2.45) is 5.92 Å². The number of nitrogens with zero attached hydrogens (tertiary/aromatic N) is 8. The number of aliphatic hydroxyl groups is 2. The molecule has 3 amide bonds. The molecule has 2 saturated heterocycles. The number of alkyl halides is 2. The molecule has 21 nitrogen and oxygen atoms in total. The average molecular weight is 932 g/mol. The van der Waals surface area contributed by atoms with Crippen molar-refractivity contribution in [3.8, 4) is 34.3 Å². The summed E-state index contributed by atoms with van der Waals surface area (Å²) in [6.07, 6.45) is -1.47. The smallest absolute Gasteiger partial charge is 0.351 e. The molecule has 5 heterocycles. The zero-order valence-corrected chi connectivity index (χ0v) is 37.1. The van der Waals surface area contributed by atoms with Crippen molar-refractivity contribution in [3.63, 3.8) is 0 Å². The Labute approximate surface area is 381 Å². The van der Waals surface area contributed by atoms with Gasteiger partial charge in [-0.2, -0.15) is 13.8 Å². The normalized spacial score (nSPS) is 18.8. The molecule has 2 aliphatic heterocycles. The van der Waals surface area contributed by atoms with Crippen LogP contribution in [0, 0.1) is 5.92 Å². The first-order valence-electron chi connectivity index (χ1n) is 21.6. The summed E-state index contributed by atoms with van der Waals surface area (Å²) in [5.74, 6) is -5.61. The van der Waals surface area contributed by atoms with Gasteiger partial charge in [0.2, 0.25) is 18.0 Å². The quantitative estimate of drug-likeness (QED) is 0.0795. The number of hydrogen-bond acceptors (Lipinski definition) is 16. The van der Waals surface area contributed by atoms with Crippen LogP contribution in [-0.4, -0.2) is 129 Å². The number of carbonyl (C=O) groups excluding carboxylic acids is 3. The van der Waals surface area contributed by atoms with Gasteiger partial charge in [0.15, 0.2) is 11.9 Å². The van der Waals surface area contributed by atoms with Crippen molar-refractivity contribution in [3.05, 3.63) is 88.6 Å². The van der Waals surface area contributed by atoms with Gasteiger partial charge >= 0.3 is 11.6 Å². The van der Waals surface area contributed by atoms with Crippen LogP contribution in [0.15, 0.2) is 65.8 Å². The Morgan fingerprint density at radius 3 is 2.28 bits per heavy atom. The highest BCUT2D eigenvalue weighted by atomic mass is 19.3. The number of phenols is 2. The summed E-state index contributed by atoms with van der Waals surface area (Å²) in [6, 6.07) is 9.86. The zero-order chi connectivity index (χ0) is 48.3. The Morgan fingerprint density at radius 1 is 0.970 bits per heavy atom. The number of rotatable bonds is 15. The molecule has 356 valence electrons. The number of carbonyl (C=O) groups is 3. The molecule has 2 aliphatic rings. The van der Waals surface area contributed by atoms with Crippen molar-refractivity contribution < 1.29 is 53.1 Å². The minimum Gasteiger partial charge on any atom is -0.508 e. The van der Waals surface area contributed by atoms with Gasteiger partial charge < -0.3 is 50.8 Å². The summed E-state index contributed by atoms with van der Waals surface area (Å²) in [7, 11) is 0. The maximum absolute atomic E-state index is 14.6. The molecule has 3 aromatic heterocycles. The zero-order valence-electron chi connectivity index (χ0n) is 37.1. The third-order valence-corrected chi connectivity index (χ3v) is 11.4. The molecule has 0 radical (unpaired) electrons. The fourth-order valence-electron chi connectivity index (χ4n) is 7.73. The molecule has 67 heavy (non-hydrogen) atoms. The van der Waals surface area contributed by atoms with Gasteiger partial charge in [0.1, 0.15) is 52.8 Å². The highest BCUT2D eigenvalue weighted by Gasteiger charge is 2.59. The summed E-state index contributed by atoms with van der Waals surface area (Å²) < 4.78 is 42.5. The Balaban J connectivity index is 0.946. The largest absolute Gasteiger partial charge is 0.508 e. The van der Waals surface area contributed by atoms with Crippen LogP contribution < -0.4 is 31.3 Å². The van der Waals surface area contributed by atoms with Crippen LogP contribution in [0.25, 0.3) is 17.1 Å². The minimum atomic E-state index is -3.92. The lowest BCUT2D eigenvalue weighted by atomic mass is 9.98. The number of nitrogens with one attached hydrogen (secondary N) is 3. The van der Waals surface area contributed by atoms with E-state index < -0.39 is 66.3 Å². The molecular weight excluding hydrogens is 881 g/mol. The molecular formula is C44H51F2N11O10. The highest BCUT2D eigenvalue weighted by Crippen LogP contribution is 2.42. The van der Waals surface area contributed by atoms with Gasteiger partial charge in [0, 0.05) is 50.4 Å². The second kappa shape index (κ2) is 19.8. The van der Waals surface area contributed by atoms with E-state index in [1.807, 2.05) is 18.7 Å². The molecule has 7 rings (SSSR count). The standard InChI is InChI=1S/C44H51F2N11O10/c1-6-47-41(64)38-54-53-37(28-17-27(22(2)3)30(59)18-31(28)60)57(38)24-7-9-25(10-8-24)66-26-11-14-55(15-12-26)34-20-48-29(19-49-34)39(62)52-35(23(4)5)40(63)50-33-13-16-56(43(65)51-33)42-44(45,46)36(61)32(21-58)67-42/h7-10,13,16-20,22-23,26,32,35-36,42,58-61H,6,11-12,14-15,21H2,1-5H3,(H,47,64)(H,52,62)(H,50,51,63,65)/t32-,35?,36-,42-/m1/s1. The van der Waals surface area contributed by atoms with Crippen molar-refractivity contribution in [1.29, 1.82) is 0 Å². The molecule has 2 fully saturated rings. The van der Waals surface area contributed by atoms with E-state index in [9.17, 15) is 48.4 Å². The van der Waals surface area contributed by atoms with E-state index in [0.29, 0.717) is 65.4 Å². The number of anilines is 2. The SMILES string of the molecule is CCNC(=O)c1nnc(-c2cc(C(C)C)c(O)cc2O)n1-c1ccc(OC2CCN(c3cnc(C(=O)NC(C(=O)Nc4ccn([C@@H]5O[C@H](CO)[C@@H](O)C5(F)F)c(=O)n4)C(C)C)cn3)CC2)cc1. The fraction of sp³-hybridized carbons (Fsp3) is 0.432. The number of halogens is 2. The van der Waals surface area contributed by atoms with Gasteiger partial charge in [-0.15, -0.1) is 10.2 Å². The Morgan fingerprint density at radius 2 is 1.69 bits per heavy atom. The maximum atomic E-state index is 14.6. The number of aromatic nitrogens is 7. The Kier molecular flexibility index (Phi) is 14.1. The van der Waals surface area contributed by atoms with Gasteiger partial charge in [-0.3, -0.25) is 23.5 Å². The molecule has 7 N–H and O–H groups in total. The van der Waals surface area contributed by atoms with Gasteiger partial charge in [0.25, 0.3) is 11.8 Å². The van der Waals surface area contributed by atoms with Crippen molar-refractivity contribution in [1.82, 2.24) is 44.9 Å². The van der Waals surface area contributed by atoms with Gasteiger partial charge in [0.05, 0.1) is 24.6 Å². The van der Waals surface area contributed by atoms with E-state index in [1.165, 1.54) is 23.0 Å². The van der Waals surface area contributed by atoms with Crippen molar-refractivity contribution in [2.45, 2.75) is 89.9 Å². The van der Waals surface area contributed by atoms with E-state index in [2.05, 4.69) is 41.1 Å². The number of aromatic hydroxyl groups is 2. The van der Waals surface area contributed by atoms with Crippen LogP contribution >= 0.6 is 0 Å². The van der Waals surface area contributed by atoms with Crippen LogP contribution in [0.1, 0.15) is 86.3 Å². The van der Waals surface area contributed by atoms with Crippen molar-refractivity contribution >= 4 is 29.4 Å². The third kappa shape index (κ3) is 10.0. The van der Waals surface area contributed by atoms with Crippen LogP contribution in [0.3, 0.4) is 0 Å². The number of aliphatic hydroxyl groups excluding tert-OH is 2. The highest BCUT2D eigenvalue weighted by molar-refractivity contribution is 6.00. The lowest BCUT2D eigenvalue weighted by Gasteiger charge is -2.32. The molecule has 23 heteroatoms. The number of piperidine rings is 1. The van der Waals surface area contributed by atoms with Crippen LogP contribution in [0.4, 0.5) is 20.4 Å². The van der Waals surface area contributed by atoms with E-state index >= 15 is 0 Å². The molecule has 1 unspecified atom stereocenters. The molecule has 0 bridgehead atoms. The number of amides is 3. The summed E-state index contributed by atoms with van der Waals surface area (Å²) >= 11 is 0. The number of ether oxygens (including phenoxy) is 2. The van der Waals surface area contributed by atoms with Crippen LogP contribution in [0.5, 0.6) is 17.2 Å². The Hall–Kier alpha value is -7.11. The molecule has 0 saturated carbocycles. The summed E-state index contributed by atoms with van der Waals surface area (Å²) in [5, 5.41) is 56.5. The molecule has 4 atom stereocenters. The van der Waals surface area contributed by atoms with E-state index in [0.717, 1.165) is 12.3 Å². The molecule has 0 spiro atoms. The fourth-order valence-corrected chi connectivity index (χ4v) is 7.73. The molecule has 2 aromatic carbocycles. The lowest BCUT2D eigenvalue weighted by molar-refractivity contribution is -0.141. The second-order valence-electron chi connectivity index (χ2n) is 16.7. The Bertz CT molecular complexity index is 2650. The minimum absolute atomic E-state index is 0.00638. The number of hydrogen-bond donors (Lipinski definition) is 7. The summed E-state index contributed by atoms with van der Waals surface area (Å²) in [5.41, 5.74) is 0.127. The van der Waals surface area contributed by atoms with Crippen LogP contribution in [0.2, 0.25) is 0 Å². The van der Waals surface area contributed by atoms with Crippen LogP contribution in [-0.2, 0) is 9.53 Å². The first-order chi connectivity index (χ1) is 31.9. The summed E-state index contributed by atoms with van der Waals surface area (Å²) in [6.45, 7) is 9.51. The monoisotopic (exact) mass is 931 g/mol. The van der Waals surface area contributed by atoms with Gasteiger partial charge in [-0.25, -0.2) is 14.8 Å². The molecule has 5 aromatic rings.